The first-order valence-electron chi connectivity index (χ1n) is 13.0. The molecule has 0 saturated carbocycles. The Labute approximate surface area is 222 Å². The third-order valence-electron chi connectivity index (χ3n) is 8.13. The van der Waals surface area contributed by atoms with Crippen LogP contribution in [0.15, 0.2) is 64.0 Å². The molecule has 2 aliphatic heterocycles. The Morgan fingerprint density at radius 2 is 1.78 bits per heavy atom. The fourth-order valence-corrected chi connectivity index (χ4v) is 7.51. The van der Waals surface area contributed by atoms with Gasteiger partial charge in [0.1, 0.15) is 6.04 Å². The van der Waals surface area contributed by atoms with Gasteiger partial charge in [0.05, 0.1) is 5.60 Å². The molecule has 4 heterocycles. The summed E-state index contributed by atoms with van der Waals surface area (Å²) in [6.07, 6.45) is 4.51. The van der Waals surface area contributed by atoms with Crippen LogP contribution in [0.2, 0.25) is 0 Å². The second-order valence-electron chi connectivity index (χ2n) is 10.5. The summed E-state index contributed by atoms with van der Waals surface area (Å²) in [5.41, 5.74) is 2.99. The monoisotopic (exact) mass is 524 g/mol. The maximum Gasteiger partial charge on any atom is 0.325 e. The SMILES string of the molecule is O=C(O)C(c1ccsc1)N1C[C@@H](CN2CCC(O)(CCCc3ccccc3)CC2)[C@H](c2ccsc2)C1. The number of piperidine rings is 1. The van der Waals surface area contributed by atoms with Crippen molar-refractivity contribution in [2.45, 2.75) is 49.7 Å². The van der Waals surface area contributed by atoms with E-state index in [1.54, 1.807) is 22.7 Å². The predicted octanol–water partition coefficient (Wildman–Crippen LogP) is 5.50. The molecule has 3 atom stereocenters. The molecule has 7 heteroatoms. The van der Waals surface area contributed by atoms with Crippen molar-refractivity contribution in [2.75, 3.05) is 32.7 Å². The molecule has 0 bridgehead atoms. The molecule has 1 aromatic carbocycles. The Morgan fingerprint density at radius 1 is 1.03 bits per heavy atom. The first-order valence-corrected chi connectivity index (χ1v) is 14.9. The second-order valence-corrected chi connectivity index (χ2v) is 12.1. The number of thiophene rings is 2. The molecule has 5 rings (SSSR count). The van der Waals surface area contributed by atoms with Crippen molar-refractivity contribution in [3.05, 3.63) is 80.7 Å². The van der Waals surface area contributed by atoms with E-state index in [9.17, 15) is 15.0 Å². The molecular weight excluding hydrogens is 488 g/mol. The zero-order valence-electron chi connectivity index (χ0n) is 20.7. The van der Waals surface area contributed by atoms with Crippen LogP contribution in [0.4, 0.5) is 0 Å². The van der Waals surface area contributed by atoms with E-state index < -0.39 is 17.6 Å². The topological polar surface area (TPSA) is 64.0 Å². The zero-order valence-corrected chi connectivity index (χ0v) is 22.3. The van der Waals surface area contributed by atoms with Gasteiger partial charge in [-0.3, -0.25) is 9.69 Å². The van der Waals surface area contributed by atoms with E-state index in [0.29, 0.717) is 11.8 Å². The summed E-state index contributed by atoms with van der Waals surface area (Å²) in [6, 6.07) is 14.1. The average Bonchev–Trinajstić information content (AvgIpc) is 3.64. The molecule has 0 amide bonds. The molecule has 36 heavy (non-hydrogen) atoms. The van der Waals surface area contributed by atoms with Crippen LogP contribution in [-0.2, 0) is 11.2 Å². The van der Waals surface area contributed by atoms with Crippen LogP contribution in [0.5, 0.6) is 0 Å². The Kier molecular flexibility index (Phi) is 8.23. The Balaban J connectivity index is 1.19. The normalized spacial score (nSPS) is 23.6. The summed E-state index contributed by atoms with van der Waals surface area (Å²) in [5, 5.41) is 29.6. The van der Waals surface area contributed by atoms with Crippen LogP contribution in [0, 0.1) is 5.92 Å². The van der Waals surface area contributed by atoms with Crippen LogP contribution >= 0.6 is 22.7 Å². The van der Waals surface area contributed by atoms with Gasteiger partial charge >= 0.3 is 5.97 Å². The highest BCUT2D eigenvalue weighted by atomic mass is 32.1. The van der Waals surface area contributed by atoms with E-state index in [-0.39, 0.29) is 0 Å². The predicted molar refractivity (Wildman–Crippen MR) is 147 cm³/mol. The lowest BCUT2D eigenvalue weighted by Crippen LogP contribution is -2.46. The third-order valence-corrected chi connectivity index (χ3v) is 9.53. The van der Waals surface area contributed by atoms with Gasteiger partial charge in [0, 0.05) is 38.6 Å². The average molecular weight is 525 g/mol. The molecule has 5 nitrogen and oxygen atoms in total. The van der Waals surface area contributed by atoms with Crippen LogP contribution in [-0.4, -0.2) is 64.3 Å². The number of carboxylic acid groups (broad SMARTS) is 1. The number of carboxylic acids is 1. The largest absolute Gasteiger partial charge is 0.480 e. The smallest absolute Gasteiger partial charge is 0.325 e. The van der Waals surface area contributed by atoms with Gasteiger partial charge in [0.15, 0.2) is 0 Å². The number of benzene rings is 1. The number of rotatable bonds is 10. The van der Waals surface area contributed by atoms with E-state index in [2.05, 4.69) is 50.9 Å². The van der Waals surface area contributed by atoms with Crippen LogP contribution in [0.3, 0.4) is 0 Å². The molecule has 2 saturated heterocycles. The number of aryl methyl sites for hydroxylation is 1. The standard InChI is InChI=1S/C29H36N2O3S2/c32-28(33)27(24-9-16-36-21-24)31-18-25(26(19-31)23-8-15-35-20-23)17-30-13-11-29(34,12-14-30)10-4-7-22-5-2-1-3-6-22/h1-3,5-6,8-9,15-16,20-21,25-27,34H,4,7,10-14,17-19H2,(H,32,33)/t25-,26+,27?/m1/s1. The molecule has 2 aromatic heterocycles. The van der Waals surface area contributed by atoms with Gasteiger partial charge in [-0.15, -0.1) is 0 Å². The van der Waals surface area contributed by atoms with Gasteiger partial charge in [-0.05, 0) is 88.4 Å². The molecule has 192 valence electrons. The molecule has 3 aromatic rings. The fraction of sp³-hybridized carbons (Fsp3) is 0.483. The summed E-state index contributed by atoms with van der Waals surface area (Å²) < 4.78 is 0. The van der Waals surface area contributed by atoms with Crippen molar-refractivity contribution in [1.82, 2.24) is 9.80 Å². The second kappa shape index (κ2) is 11.6. The van der Waals surface area contributed by atoms with Gasteiger partial charge in [-0.2, -0.15) is 22.7 Å². The van der Waals surface area contributed by atoms with Gasteiger partial charge in [-0.1, -0.05) is 30.3 Å². The fourth-order valence-electron chi connectivity index (χ4n) is 6.10. The Hall–Kier alpha value is -2.03. The van der Waals surface area contributed by atoms with Crippen molar-refractivity contribution in [3.8, 4) is 0 Å². The molecular formula is C29H36N2O3S2. The van der Waals surface area contributed by atoms with E-state index in [1.807, 2.05) is 22.9 Å². The minimum absolute atomic E-state index is 0.336. The summed E-state index contributed by atoms with van der Waals surface area (Å²) in [5.74, 6) is -0.0514. The van der Waals surface area contributed by atoms with Gasteiger partial charge in [0.2, 0.25) is 0 Å². The van der Waals surface area contributed by atoms with E-state index in [0.717, 1.165) is 70.4 Å². The summed E-state index contributed by atoms with van der Waals surface area (Å²) in [4.78, 5) is 16.9. The highest BCUT2D eigenvalue weighted by Crippen LogP contribution is 2.39. The summed E-state index contributed by atoms with van der Waals surface area (Å²) in [7, 11) is 0. The van der Waals surface area contributed by atoms with Gasteiger partial charge in [0.25, 0.3) is 0 Å². The first kappa shape index (κ1) is 25.6. The number of carbonyl (C=O) groups is 1. The van der Waals surface area contributed by atoms with Crippen molar-refractivity contribution >= 4 is 28.6 Å². The third kappa shape index (κ3) is 6.09. The van der Waals surface area contributed by atoms with Crippen molar-refractivity contribution in [2.24, 2.45) is 5.92 Å². The number of aliphatic carboxylic acids is 1. The molecule has 0 radical (unpaired) electrons. The van der Waals surface area contributed by atoms with Crippen LogP contribution in [0.25, 0.3) is 0 Å². The lowest BCUT2D eigenvalue weighted by atomic mass is 9.84. The highest BCUT2D eigenvalue weighted by molar-refractivity contribution is 7.08. The molecule has 2 fully saturated rings. The lowest BCUT2D eigenvalue weighted by molar-refractivity contribution is -0.143. The van der Waals surface area contributed by atoms with Crippen molar-refractivity contribution in [1.29, 1.82) is 0 Å². The van der Waals surface area contributed by atoms with Crippen molar-refractivity contribution in [3.63, 3.8) is 0 Å². The Bertz CT molecular complexity index is 1080. The van der Waals surface area contributed by atoms with Crippen LogP contribution in [0.1, 0.15) is 54.3 Å². The minimum Gasteiger partial charge on any atom is -0.480 e. The van der Waals surface area contributed by atoms with E-state index >= 15 is 0 Å². The molecule has 0 spiro atoms. The number of nitrogens with zero attached hydrogens (tertiary/aromatic N) is 2. The molecule has 2 aliphatic rings. The number of aliphatic hydroxyl groups is 1. The lowest BCUT2D eigenvalue weighted by Gasteiger charge is -2.40. The van der Waals surface area contributed by atoms with Crippen molar-refractivity contribution < 1.29 is 15.0 Å². The van der Waals surface area contributed by atoms with Gasteiger partial charge in [-0.25, -0.2) is 0 Å². The van der Waals surface area contributed by atoms with E-state index in [4.69, 9.17) is 0 Å². The first-order chi connectivity index (χ1) is 17.5. The Morgan fingerprint density at radius 3 is 2.44 bits per heavy atom. The van der Waals surface area contributed by atoms with Gasteiger partial charge < -0.3 is 15.1 Å². The summed E-state index contributed by atoms with van der Waals surface area (Å²) >= 11 is 3.27. The molecule has 1 unspecified atom stereocenters. The maximum atomic E-state index is 12.2. The quantitative estimate of drug-likeness (QED) is 0.367. The highest BCUT2D eigenvalue weighted by Gasteiger charge is 2.42. The number of hydrogen-bond donors (Lipinski definition) is 2. The minimum atomic E-state index is -0.767. The molecule has 0 aliphatic carbocycles. The van der Waals surface area contributed by atoms with Crippen LogP contribution < -0.4 is 0 Å². The molecule has 2 N–H and O–H groups in total. The van der Waals surface area contributed by atoms with E-state index in [1.165, 1.54) is 11.1 Å². The summed E-state index contributed by atoms with van der Waals surface area (Å²) in [6.45, 7) is 4.31. The maximum absolute atomic E-state index is 12.2. The number of hydrogen-bond acceptors (Lipinski definition) is 6. The number of likely N-dealkylation sites (tertiary alicyclic amines) is 2. The zero-order chi connectivity index (χ0) is 25.0.